The predicted octanol–water partition coefficient (Wildman–Crippen LogP) is 4.71. The summed E-state index contributed by atoms with van der Waals surface area (Å²) in [7, 11) is 0. The molecule has 0 saturated heterocycles. The van der Waals surface area contributed by atoms with Crippen molar-refractivity contribution in [3.05, 3.63) is 71.8 Å². The smallest absolute Gasteiger partial charge is 0.323 e. The van der Waals surface area contributed by atoms with Crippen molar-refractivity contribution in [1.29, 1.82) is 0 Å². The number of benzene rings is 2. The van der Waals surface area contributed by atoms with Crippen molar-refractivity contribution in [3.8, 4) is 11.8 Å². The Bertz CT molecular complexity index is 873. The minimum atomic E-state index is -0.518. The largest absolute Gasteiger partial charge is 0.421 e. The average molecular weight is 359 g/mol. The lowest BCUT2D eigenvalue weighted by molar-refractivity contribution is 0.262. The molecule has 2 N–H and O–H groups in total. The maximum Gasteiger partial charge on any atom is 0.323 e. The molecule has 3 rings (SSSR count). The first-order valence-electron chi connectivity index (χ1n) is 7.18. The molecule has 0 atom stereocenters. The van der Waals surface area contributed by atoms with Crippen molar-refractivity contribution in [2.24, 2.45) is 0 Å². The number of nitrogens with one attached hydrogen (secondary N) is 2. The van der Waals surface area contributed by atoms with Gasteiger partial charge in [0.2, 0.25) is 0 Å². The van der Waals surface area contributed by atoms with E-state index in [4.69, 9.17) is 16.3 Å². The number of para-hydroxylation sites is 1. The molecule has 3 aromatic rings. The third-order valence-corrected chi connectivity index (χ3v) is 3.28. The molecule has 8 heteroatoms. The van der Waals surface area contributed by atoms with Crippen LogP contribution in [-0.4, -0.2) is 16.0 Å². The fourth-order valence-corrected chi connectivity index (χ4v) is 2.01. The Morgan fingerprint density at radius 1 is 0.960 bits per heavy atom. The van der Waals surface area contributed by atoms with Crippen LogP contribution >= 0.6 is 11.6 Å². The van der Waals surface area contributed by atoms with E-state index < -0.39 is 11.8 Å². The van der Waals surface area contributed by atoms with Crippen LogP contribution in [0.2, 0.25) is 5.02 Å². The highest BCUT2D eigenvalue weighted by Crippen LogP contribution is 2.21. The fourth-order valence-electron chi connectivity index (χ4n) is 1.89. The van der Waals surface area contributed by atoms with Crippen LogP contribution in [-0.2, 0) is 0 Å². The molecule has 0 bridgehead atoms. The normalized spacial score (nSPS) is 10.2. The maximum atomic E-state index is 13.5. The van der Waals surface area contributed by atoms with Gasteiger partial charge in [-0.3, -0.25) is 0 Å². The Labute approximate surface area is 147 Å². The minimum Gasteiger partial charge on any atom is -0.421 e. The monoisotopic (exact) mass is 358 g/mol. The summed E-state index contributed by atoms with van der Waals surface area (Å²) in [5.41, 5.74) is 0.940. The number of rotatable bonds is 4. The molecule has 0 aliphatic rings. The van der Waals surface area contributed by atoms with Crippen LogP contribution in [0.4, 0.5) is 20.6 Å². The van der Waals surface area contributed by atoms with E-state index in [-0.39, 0.29) is 11.8 Å². The number of carbonyl (C=O) groups excluding carboxylic acids is 1. The van der Waals surface area contributed by atoms with Gasteiger partial charge in [0.25, 0.3) is 0 Å². The Kier molecular flexibility index (Phi) is 5.06. The van der Waals surface area contributed by atoms with E-state index in [1.54, 1.807) is 36.4 Å². The summed E-state index contributed by atoms with van der Waals surface area (Å²) in [6.07, 6.45) is 2.70. The molecular formula is C17H12ClFN4O2. The molecule has 0 aliphatic heterocycles. The molecule has 1 aromatic heterocycles. The average Bonchev–Trinajstić information content (AvgIpc) is 2.61. The Hall–Kier alpha value is -3.19. The summed E-state index contributed by atoms with van der Waals surface area (Å²) in [6.45, 7) is 0. The van der Waals surface area contributed by atoms with Crippen LogP contribution in [0.1, 0.15) is 0 Å². The molecule has 0 radical (unpaired) electrons. The van der Waals surface area contributed by atoms with E-state index in [9.17, 15) is 9.18 Å². The van der Waals surface area contributed by atoms with E-state index in [0.29, 0.717) is 16.4 Å². The molecule has 0 spiro atoms. The van der Waals surface area contributed by atoms with Crippen molar-refractivity contribution in [2.45, 2.75) is 0 Å². The summed E-state index contributed by atoms with van der Waals surface area (Å²) < 4.78 is 18.7. The maximum absolute atomic E-state index is 13.5. The van der Waals surface area contributed by atoms with Crippen molar-refractivity contribution in [3.63, 3.8) is 0 Å². The number of nitrogens with zero attached hydrogens (tertiary/aromatic N) is 2. The van der Waals surface area contributed by atoms with Gasteiger partial charge in [-0.25, -0.2) is 19.2 Å². The van der Waals surface area contributed by atoms with E-state index in [1.165, 1.54) is 24.5 Å². The third-order valence-electron chi connectivity index (χ3n) is 3.03. The highest BCUT2D eigenvalue weighted by molar-refractivity contribution is 6.30. The predicted molar refractivity (Wildman–Crippen MR) is 92.6 cm³/mol. The van der Waals surface area contributed by atoms with Gasteiger partial charge in [0, 0.05) is 10.7 Å². The second-order valence-electron chi connectivity index (χ2n) is 4.87. The standard InChI is InChI=1S/C17H12ClFN4O2/c18-11-5-7-12(8-6-11)22-16(24)23-13-9-20-17(21-10-13)25-15-4-2-1-3-14(15)19/h1-10H,(H2,22,23,24). The van der Waals surface area contributed by atoms with Crippen molar-refractivity contribution < 1.29 is 13.9 Å². The van der Waals surface area contributed by atoms with Crippen LogP contribution in [0.3, 0.4) is 0 Å². The first kappa shape index (κ1) is 16.7. The first-order chi connectivity index (χ1) is 12.1. The van der Waals surface area contributed by atoms with Crippen molar-refractivity contribution >= 4 is 29.0 Å². The Balaban J connectivity index is 1.59. The van der Waals surface area contributed by atoms with Crippen molar-refractivity contribution in [2.75, 3.05) is 10.6 Å². The molecule has 2 aromatic carbocycles. The number of urea groups is 1. The number of hydrogen-bond donors (Lipinski definition) is 2. The van der Waals surface area contributed by atoms with Crippen LogP contribution in [0, 0.1) is 5.82 Å². The Morgan fingerprint density at radius 3 is 2.28 bits per heavy atom. The zero-order chi connectivity index (χ0) is 17.6. The van der Waals surface area contributed by atoms with Gasteiger partial charge >= 0.3 is 12.0 Å². The lowest BCUT2D eigenvalue weighted by atomic mass is 10.3. The molecule has 6 nitrogen and oxygen atoms in total. The first-order valence-corrected chi connectivity index (χ1v) is 7.56. The van der Waals surface area contributed by atoms with Crippen LogP contribution < -0.4 is 15.4 Å². The number of aromatic nitrogens is 2. The number of carbonyl (C=O) groups is 1. The molecule has 0 unspecified atom stereocenters. The molecule has 1 heterocycles. The van der Waals surface area contributed by atoms with Crippen molar-refractivity contribution in [1.82, 2.24) is 9.97 Å². The second-order valence-corrected chi connectivity index (χ2v) is 5.31. The highest BCUT2D eigenvalue weighted by Gasteiger charge is 2.07. The summed E-state index contributed by atoms with van der Waals surface area (Å²) in [4.78, 5) is 19.7. The lowest BCUT2D eigenvalue weighted by Gasteiger charge is -2.08. The minimum absolute atomic E-state index is 0.0173. The molecule has 126 valence electrons. The SMILES string of the molecule is O=C(Nc1ccc(Cl)cc1)Nc1cnc(Oc2ccccc2F)nc1. The van der Waals surface area contributed by atoms with Crippen LogP contribution in [0.25, 0.3) is 0 Å². The summed E-state index contributed by atoms with van der Waals surface area (Å²) in [5.74, 6) is -0.501. The van der Waals surface area contributed by atoms with E-state index in [0.717, 1.165) is 0 Å². The zero-order valence-electron chi connectivity index (χ0n) is 12.7. The molecule has 0 fully saturated rings. The van der Waals surface area contributed by atoms with Gasteiger partial charge in [-0.2, -0.15) is 0 Å². The number of anilines is 2. The van der Waals surface area contributed by atoms with Crippen LogP contribution in [0.5, 0.6) is 11.8 Å². The van der Waals surface area contributed by atoms with E-state index in [2.05, 4.69) is 20.6 Å². The zero-order valence-corrected chi connectivity index (χ0v) is 13.5. The summed E-state index contributed by atoms with van der Waals surface area (Å²) in [5, 5.41) is 5.78. The number of hydrogen-bond acceptors (Lipinski definition) is 4. The van der Waals surface area contributed by atoms with Gasteiger partial charge in [0.15, 0.2) is 11.6 Å². The van der Waals surface area contributed by atoms with E-state index in [1.807, 2.05) is 0 Å². The van der Waals surface area contributed by atoms with Gasteiger partial charge in [-0.1, -0.05) is 23.7 Å². The third kappa shape index (κ3) is 4.65. The van der Waals surface area contributed by atoms with Crippen LogP contribution in [0.15, 0.2) is 60.9 Å². The molecule has 0 saturated carbocycles. The number of ether oxygens (including phenoxy) is 1. The molecule has 2 amide bonds. The Morgan fingerprint density at radius 2 is 1.60 bits per heavy atom. The number of halogens is 2. The number of amides is 2. The summed E-state index contributed by atoms with van der Waals surface area (Å²) in [6, 6.07) is 12.1. The van der Waals surface area contributed by atoms with Gasteiger partial charge < -0.3 is 15.4 Å². The highest BCUT2D eigenvalue weighted by atomic mass is 35.5. The van der Waals surface area contributed by atoms with E-state index >= 15 is 0 Å². The molecule has 25 heavy (non-hydrogen) atoms. The van der Waals surface area contributed by atoms with Gasteiger partial charge in [0.05, 0.1) is 18.1 Å². The fraction of sp³-hybridized carbons (Fsp3) is 0. The van der Waals surface area contributed by atoms with Gasteiger partial charge in [-0.15, -0.1) is 0 Å². The molecule has 0 aliphatic carbocycles. The summed E-state index contributed by atoms with van der Waals surface area (Å²) >= 11 is 5.78. The lowest BCUT2D eigenvalue weighted by Crippen LogP contribution is -2.19. The van der Waals surface area contributed by atoms with Gasteiger partial charge in [-0.05, 0) is 36.4 Å². The topological polar surface area (TPSA) is 76.1 Å². The molecular weight excluding hydrogens is 347 g/mol. The van der Waals surface area contributed by atoms with Gasteiger partial charge in [0.1, 0.15) is 0 Å². The quantitative estimate of drug-likeness (QED) is 0.708. The second kappa shape index (κ2) is 7.59.